The number of aliphatic hydroxyl groups excluding tert-OH is 2. The van der Waals surface area contributed by atoms with E-state index in [-0.39, 0.29) is 75.6 Å². The van der Waals surface area contributed by atoms with Crippen LogP contribution in [0, 0.1) is 61.7 Å². The van der Waals surface area contributed by atoms with Gasteiger partial charge in [0.05, 0.1) is 92.7 Å². The number of azide groups is 2. The van der Waals surface area contributed by atoms with Gasteiger partial charge in [0, 0.05) is 89.0 Å². The second-order valence-corrected chi connectivity index (χ2v) is 47.3. The number of carbonyl (C=O) groups excluding carboxylic acids is 2. The Kier molecular flexibility index (Phi) is 31.0. The van der Waals surface area contributed by atoms with E-state index in [1.54, 1.807) is 56.4 Å². The van der Waals surface area contributed by atoms with E-state index in [2.05, 4.69) is 163 Å². The van der Waals surface area contributed by atoms with Crippen LogP contribution in [0.5, 0.6) is 11.5 Å². The molecule has 8 fully saturated rings. The lowest BCUT2D eigenvalue weighted by Crippen LogP contribution is -2.62. The van der Waals surface area contributed by atoms with Crippen molar-refractivity contribution >= 4 is 86.9 Å². The number of hydrogen-bond donors (Lipinski definition) is 8. The van der Waals surface area contributed by atoms with Gasteiger partial charge in [-0.25, -0.2) is 9.59 Å². The molecule has 4 aromatic rings. The summed E-state index contributed by atoms with van der Waals surface area (Å²) in [5, 5.41) is 77.3. The van der Waals surface area contributed by atoms with Crippen molar-refractivity contribution in [2.75, 3.05) is 77.5 Å². The minimum atomic E-state index is -1.97. The molecule has 12 rings (SSSR count). The number of aliphatic hydroxyl groups is 2. The van der Waals surface area contributed by atoms with Gasteiger partial charge in [-0.3, -0.25) is 19.3 Å². The highest BCUT2D eigenvalue weighted by Gasteiger charge is 2.60. The van der Waals surface area contributed by atoms with Gasteiger partial charge in [0.1, 0.15) is 23.6 Å². The highest BCUT2D eigenvalue weighted by molar-refractivity contribution is 14.1. The molecule has 2 heterocycles. The number of carboxylic acids is 2. The minimum Gasteiger partial charge on any atom is -0.496 e. The fraction of sp³-hybridized carbons (Fsp3) is 0.659. The number of methoxy groups -OCH3 is 2. The molecule has 0 spiro atoms. The quantitative estimate of drug-likeness (QED) is 0.00790. The molecule has 6 aliphatic carbocycles. The largest absolute Gasteiger partial charge is 0.496 e. The van der Waals surface area contributed by atoms with Crippen molar-refractivity contribution in [3.63, 3.8) is 0 Å². The Balaban J connectivity index is 0.000000235. The molecule has 4 bridgehead atoms. The van der Waals surface area contributed by atoms with Crippen molar-refractivity contribution in [1.29, 1.82) is 0 Å². The topological polar surface area (TPSA) is 380 Å². The van der Waals surface area contributed by atoms with Gasteiger partial charge < -0.3 is 69.2 Å². The van der Waals surface area contributed by atoms with Gasteiger partial charge in [-0.15, -0.1) is 0 Å². The fourth-order valence-electron chi connectivity index (χ4n) is 17.4. The maximum absolute atomic E-state index is 14.4. The lowest BCUT2D eigenvalue weighted by molar-refractivity contribution is -0.176. The van der Waals surface area contributed by atoms with E-state index < -0.39 is 84.0 Å². The number of fused-ring (bicyclic) bond motifs is 4. The van der Waals surface area contributed by atoms with Crippen molar-refractivity contribution in [3.05, 3.63) is 120 Å². The van der Waals surface area contributed by atoms with Crippen LogP contribution in [0.3, 0.4) is 0 Å². The van der Waals surface area contributed by atoms with E-state index in [1.165, 1.54) is 25.0 Å². The molecule has 2 saturated heterocycles. The molecule has 628 valence electrons. The molecule has 4 aromatic carbocycles. The summed E-state index contributed by atoms with van der Waals surface area (Å²) in [6.45, 7) is 41.5. The first-order valence-corrected chi connectivity index (χ1v) is 46.7. The van der Waals surface area contributed by atoms with Crippen LogP contribution in [-0.2, 0) is 41.2 Å². The molecular formula is C82H126BIN12O16Si2. The lowest BCUT2D eigenvalue weighted by Gasteiger charge is -2.62. The molecule has 2 aliphatic heterocycles. The molecule has 28 nitrogen and oxygen atoms in total. The third-order valence-corrected chi connectivity index (χ3v) is 36.8. The molecule has 0 radical (unpaired) electrons. The number of benzene rings is 4. The zero-order valence-corrected chi connectivity index (χ0v) is 75.0. The number of nitrogens with zero attached hydrogens (tertiary/aromatic N) is 10. The number of carboxylic acid groups (broad SMARTS) is 2. The number of aromatic carboxylic acids is 2. The van der Waals surface area contributed by atoms with E-state index in [0.717, 1.165) is 33.4 Å². The summed E-state index contributed by atoms with van der Waals surface area (Å²) in [5.41, 5.74) is 23.1. The summed E-state index contributed by atoms with van der Waals surface area (Å²) in [4.78, 5) is 74.0. The van der Waals surface area contributed by atoms with Gasteiger partial charge in [0.2, 0.25) is 11.8 Å². The average Bonchev–Trinajstić information content (AvgIpc) is 0.826. The van der Waals surface area contributed by atoms with Crippen LogP contribution < -0.4 is 35.4 Å². The first-order valence-electron chi connectivity index (χ1n) is 39.8. The van der Waals surface area contributed by atoms with Crippen LogP contribution in [0.15, 0.2) is 83.0 Å². The molecule has 6 saturated carbocycles. The van der Waals surface area contributed by atoms with Crippen LogP contribution in [0.4, 0.5) is 11.4 Å². The Labute approximate surface area is 689 Å². The number of ether oxygens (including phenoxy) is 2. The summed E-state index contributed by atoms with van der Waals surface area (Å²) in [6.07, 6.45) is 1.17. The lowest BCUT2D eigenvalue weighted by atomic mass is 9.45. The standard InChI is InChI=1S/C41H62N6O7Si.C25H36IN5O4.C16H28BNO5Si/c1-24-32-20-29(41(32,6)7)21-33(24)44-38(49)36-35(25(2)48)34(22-43-45-42)54-47(36)23-26-13-12-14-31(37(26)52-9)27-17-28(39(50)51)19-30(18-27)46(8)15-16-53-55(10,11)40(3,4)5;1-13-17-9-16(25(17,3)4)10-19(13)29-24(33)22-21(14(2)32)20(11-28-30-27)35-31(22)12-15-7-6-8-18(26)23(15)34-5;1-16(2,3)24(5,6)23-8-7-18(4)14-10-12(15(19)20)9-13(11-14)17(21)22/h12-14,17-19,24-25,29,32-36,48H,15-16,20-23H2,1-11H3,(H,44,49)(H,50,51);6-8,13-14,16-17,19-22,32H,9-12H2,1-5H3,(H,29,33);9-11,21-22H,7-8H2,1-6H3,(H,19,20)/t24-,25-,29+,32-,33-,34-,35+,36-;13-,14-,16+,17-,19-,20-,21+,22-;/m00./s1. The van der Waals surface area contributed by atoms with E-state index in [9.17, 15) is 44.5 Å². The predicted octanol–water partition coefficient (Wildman–Crippen LogP) is 13.3. The van der Waals surface area contributed by atoms with Crippen molar-refractivity contribution in [3.8, 4) is 22.6 Å². The molecule has 8 N–H and O–H groups in total. The Morgan fingerprint density at radius 1 is 0.649 bits per heavy atom. The maximum atomic E-state index is 14.4. The van der Waals surface area contributed by atoms with E-state index in [1.807, 2.05) is 66.4 Å². The van der Waals surface area contributed by atoms with Crippen molar-refractivity contribution in [1.82, 2.24) is 20.8 Å². The number of hydroxylamine groups is 4. The number of nitrogens with one attached hydrogen (secondary N) is 2. The molecule has 0 aromatic heterocycles. The van der Waals surface area contributed by atoms with Crippen LogP contribution >= 0.6 is 22.6 Å². The van der Waals surface area contributed by atoms with Crippen molar-refractivity contribution < 1.29 is 77.7 Å². The number of anilines is 2. The average molecular weight is 1730 g/mol. The molecular weight excluding hydrogens is 1600 g/mol. The van der Waals surface area contributed by atoms with Gasteiger partial charge in [-0.05, 0) is 209 Å². The number of amides is 2. The zero-order chi connectivity index (χ0) is 84.8. The molecule has 8 aliphatic rings. The monoisotopic (exact) mass is 1730 g/mol. The zero-order valence-electron chi connectivity index (χ0n) is 70.8. The van der Waals surface area contributed by atoms with Crippen LogP contribution in [0.25, 0.3) is 32.0 Å². The number of carbonyl (C=O) groups is 4. The van der Waals surface area contributed by atoms with Gasteiger partial charge in [0.15, 0.2) is 16.6 Å². The Morgan fingerprint density at radius 2 is 1.05 bits per heavy atom. The summed E-state index contributed by atoms with van der Waals surface area (Å²) in [5.74, 6) is 0.442. The molecule has 2 amide bonds. The normalized spacial score (nSPS) is 26.0. The smallest absolute Gasteiger partial charge is 0.488 e. The molecule has 0 unspecified atom stereocenters. The van der Waals surface area contributed by atoms with Gasteiger partial charge in [-0.1, -0.05) is 124 Å². The second kappa shape index (κ2) is 38.0. The summed E-state index contributed by atoms with van der Waals surface area (Å²) < 4.78 is 25.1. The minimum absolute atomic E-state index is 0.00211. The summed E-state index contributed by atoms with van der Waals surface area (Å²) >= 11 is 2.22. The van der Waals surface area contributed by atoms with Gasteiger partial charge in [0.25, 0.3) is 0 Å². The third kappa shape index (κ3) is 21.1. The number of likely N-dealkylation sites (N-methyl/N-ethyl adjacent to an activating group) is 2. The van der Waals surface area contributed by atoms with Crippen molar-refractivity contribution in [2.24, 2.45) is 68.4 Å². The van der Waals surface area contributed by atoms with E-state index in [0.29, 0.717) is 102 Å². The Morgan fingerprint density at radius 3 is 1.42 bits per heavy atom. The summed E-state index contributed by atoms with van der Waals surface area (Å²) in [6, 6.07) is 19.5. The van der Waals surface area contributed by atoms with Crippen LogP contribution in [-0.4, -0.2) is 204 Å². The molecule has 32 heteroatoms. The summed E-state index contributed by atoms with van der Waals surface area (Å²) in [7, 11) is 1.42. The maximum Gasteiger partial charge on any atom is 0.488 e. The van der Waals surface area contributed by atoms with E-state index >= 15 is 0 Å². The number of halogens is 1. The highest BCUT2D eigenvalue weighted by atomic mass is 127. The number of hydrogen-bond acceptors (Lipinski definition) is 20. The third-order valence-electron chi connectivity index (χ3n) is 26.9. The van der Waals surface area contributed by atoms with Crippen LogP contribution in [0.1, 0.15) is 154 Å². The molecule has 16 atom stereocenters. The van der Waals surface area contributed by atoms with Crippen LogP contribution in [0.2, 0.25) is 36.3 Å². The number of rotatable bonds is 30. The fourth-order valence-corrected chi connectivity index (χ4v) is 20.3. The SMILES string of the molecule is CN(CCO[Si](C)(C)C(C)(C)C)c1cc(B(O)O)cc(C(=O)O)c1.COc1c(CN2O[C@@H](CN=[N+]=[N-])[C@@H]([C@H](C)O)[C@H]2C(=O)N[C@H]2C[C@H]3C[C@@H]([C@@H]2C)C3(C)C)cccc1-c1cc(C(=O)O)cc(N(C)CCO[Si](C)(C)C(C)(C)C)c1.COc1c(I)cccc1CN1O[C@@H](CN=[N+]=[N-])[C@@H]([C@H](C)O)[C@H]1C(=O)N[C@H]1C[C@H]2C[C@@H]([C@@H]1C)C2(C)C. The Hall–Kier alpha value is -6.59. The highest BCUT2D eigenvalue weighted by Crippen LogP contribution is 2.62. The van der Waals surface area contributed by atoms with Gasteiger partial charge >= 0.3 is 19.1 Å². The van der Waals surface area contributed by atoms with E-state index in [4.69, 9.17) is 44.2 Å². The Bertz CT molecular complexity index is 4130. The number of para-hydroxylation sites is 2. The predicted molar refractivity (Wildman–Crippen MR) is 456 cm³/mol. The first-order chi connectivity index (χ1) is 53.2. The van der Waals surface area contributed by atoms with Crippen molar-refractivity contribution in [2.45, 2.75) is 221 Å². The second-order valence-electron chi connectivity index (χ2n) is 36.5. The molecule has 114 heavy (non-hydrogen) atoms. The first kappa shape index (κ1) is 92.9. The van der Waals surface area contributed by atoms with Gasteiger partial charge in [-0.2, -0.15) is 10.1 Å².